The van der Waals surface area contributed by atoms with E-state index in [2.05, 4.69) is 5.10 Å². The Morgan fingerprint density at radius 2 is 1.80 bits per heavy atom. The van der Waals surface area contributed by atoms with Gasteiger partial charge in [0.1, 0.15) is 11.5 Å². The average Bonchev–Trinajstić information content (AvgIpc) is 3.67. The molecular formula is C32H35BFN4O5S-. The maximum Gasteiger partial charge on any atom is 0.495 e. The molecule has 230 valence electrons. The molecule has 1 unspecified atom stereocenters. The number of aromatic nitrogens is 2. The van der Waals surface area contributed by atoms with Crippen LogP contribution in [-0.4, -0.2) is 49.1 Å². The predicted molar refractivity (Wildman–Crippen MR) is 168 cm³/mol. The van der Waals surface area contributed by atoms with Crippen molar-refractivity contribution in [1.82, 2.24) is 9.61 Å². The van der Waals surface area contributed by atoms with Crippen LogP contribution in [-0.2, 0) is 27.0 Å². The fraction of sp³-hybridized carbons (Fsp3) is 0.375. The second-order valence-corrected chi connectivity index (χ2v) is 13.5. The van der Waals surface area contributed by atoms with Crippen LogP contribution < -0.4 is 15.5 Å². The van der Waals surface area contributed by atoms with Gasteiger partial charge in [0.15, 0.2) is 0 Å². The molecule has 2 aromatic heterocycles. The molecule has 12 heteroatoms. The molecule has 9 nitrogen and oxygen atoms in total. The summed E-state index contributed by atoms with van der Waals surface area (Å²) in [7, 11) is -0.480. The number of aryl methyl sites for hydroxylation is 1. The molecule has 2 fully saturated rings. The number of amides is 1. The van der Waals surface area contributed by atoms with Crippen LogP contribution >= 0.6 is 0 Å². The molecule has 3 heterocycles. The lowest BCUT2D eigenvalue weighted by Gasteiger charge is -2.32. The Morgan fingerprint density at radius 3 is 2.36 bits per heavy atom. The third-order valence-corrected chi connectivity index (χ3v) is 9.79. The van der Waals surface area contributed by atoms with Gasteiger partial charge in [-0.15, -0.1) is 0 Å². The van der Waals surface area contributed by atoms with E-state index < -0.39 is 41.3 Å². The first kappa shape index (κ1) is 30.5. The molecular weight excluding hydrogens is 582 g/mol. The van der Waals surface area contributed by atoms with E-state index in [1.807, 2.05) is 58.9 Å². The average molecular weight is 618 g/mol. The fourth-order valence-corrected chi connectivity index (χ4v) is 6.27. The Labute approximate surface area is 259 Å². The maximum absolute atomic E-state index is 13.6. The number of pyridine rings is 1. The largest absolute Gasteiger partial charge is 0.755 e. The number of rotatable bonds is 9. The summed E-state index contributed by atoms with van der Waals surface area (Å²) in [6.45, 7) is 10.3. The lowest BCUT2D eigenvalue weighted by atomic mass is 9.75. The number of anilines is 1. The van der Waals surface area contributed by atoms with Crippen molar-refractivity contribution in [3.05, 3.63) is 82.8 Å². The highest BCUT2D eigenvalue weighted by molar-refractivity contribution is 7.80. The number of carbonyl (C=O) groups is 1. The van der Waals surface area contributed by atoms with Crippen LogP contribution in [0.1, 0.15) is 73.5 Å². The predicted octanol–water partition coefficient (Wildman–Crippen LogP) is 4.57. The van der Waals surface area contributed by atoms with Gasteiger partial charge in [-0.25, -0.2) is 8.91 Å². The summed E-state index contributed by atoms with van der Waals surface area (Å²) in [6, 6.07) is 13.5. The van der Waals surface area contributed by atoms with Crippen molar-refractivity contribution >= 4 is 41.0 Å². The summed E-state index contributed by atoms with van der Waals surface area (Å²) < 4.78 is 54.2. The van der Waals surface area contributed by atoms with Crippen LogP contribution in [0.2, 0.25) is 0 Å². The van der Waals surface area contributed by atoms with Crippen LogP contribution in [0.4, 0.5) is 10.1 Å². The molecule has 6 rings (SSSR count). The molecule has 1 aliphatic carbocycles. The number of nitrogens with two attached hydrogens (primary N) is 1. The van der Waals surface area contributed by atoms with Crippen LogP contribution in [0.25, 0.3) is 16.8 Å². The monoisotopic (exact) mass is 617 g/mol. The van der Waals surface area contributed by atoms with Gasteiger partial charge in [0.25, 0.3) is 5.91 Å². The zero-order valence-corrected chi connectivity index (χ0v) is 26.2. The minimum absolute atomic E-state index is 0.160. The minimum Gasteiger partial charge on any atom is -0.755 e. The first-order valence-electron chi connectivity index (χ1n) is 14.7. The molecule has 0 radical (unpaired) electrons. The van der Waals surface area contributed by atoms with Gasteiger partial charge in [-0.05, 0) is 107 Å². The van der Waals surface area contributed by atoms with Gasteiger partial charge in [-0.3, -0.25) is 9.00 Å². The summed E-state index contributed by atoms with van der Waals surface area (Å²) >= 11 is -2.58. The van der Waals surface area contributed by atoms with Crippen molar-refractivity contribution in [2.45, 2.75) is 71.0 Å². The van der Waals surface area contributed by atoms with Crippen molar-refractivity contribution in [2.24, 2.45) is 5.73 Å². The summed E-state index contributed by atoms with van der Waals surface area (Å²) in [5.74, 6) is -0.923. The number of carbonyl (C=O) groups excluding carboxylic acids is 1. The van der Waals surface area contributed by atoms with Crippen molar-refractivity contribution < 1.29 is 27.3 Å². The minimum atomic E-state index is -2.58. The van der Waals surface area contributed by atoms with E-state index in [1.165, 1.54) is 33.1 Å². The number of primary amides is 1. The number of fused-ring (bicyclic) bond motifs is 1. The fourth-order valence-electron chi connectivity index (χ4n) is 5.71. The molecule has 1 saturated heterocycles. The highest BCUT2D eigenvalue weighted by atomic mass is 32.2. The second-order valence-electron chi connectivity index (χ2n) is 12.7. The number of benzene rings is 2. The van der Waals surface area contributed by atoms with Gasteiger partial charge in [0.05, 0.1) is 34.2 Å². The summed E-state index contributed by atoms with van der Waals surface area (Å²) in [5, 5.41) is 4.60. The first-order valence-corrected chi connectivity index (χ1v) is 15.7. The van der Waals surface area contributed by atoms with E-state index in [1.54, 1.807) is 6.20 Å². The van der Waals surface area contributed by atoms with Crippen LogP contribution in [0, 0.1) is 12.7 Å². The zero-order chi connectivity index (χ0) is 31.6. The van der Waals surface area contributed by atoms with E-state index in [0.29, 0.717) is 28.9 Å². The zero-order valence-electron chi connectivity index (χ0n) is 25.4. The van der Waals surface area contributed by atoms with Crippen LogP contribution in [0.5, 0.6) is 0 Å². The van der Waals surface area contributed by atoms with Gasteiger partial charge in [0.2, 0.25) is 0 Å². The van der Waals surface area contributed by atoms with Crippen LogP contribution in [0.3, 0.4) is 0 Å². The molecule has 2 N–H and O–H groups in total. The molecule has 1 atom stereocenters. The van der Waals surface area contributed by atoms with Crippen LogP contribution in [0.15, 0.2) is 54.7 Å². The Kier molecular flexibility index (Phi) is 7.68. The Hall–Kier alpha value is -3.58. The third kappa shape index (κ3) is 5.56. The van der Waals surface area contributed by atoms with E-state index in [-0.39, 0.29) is 18.0 Å². The number of hydrogen-bond acceptors (Lipinski definition) is 6. The molecule has 1 aliphatic heterocycles. The van der Waals surface area contributed by atoms with Crippen molar-refractivity contribution in [2.75, 3.05) is 10.8 Å². The van der Waals surface area contributed by atoms with Gasteiger partial charge < -0.3 is 23.9 Å². The molecule has 2 aromatic carbocycles. The van der Waals surface area contributed by atoms with Crippen molar-refractivity contribution in [3.63, 3.8) is 0 Å². The lowest BCUT2D eigenvalue weighted by molar-refractivity contribution is 0.00578. The quantitative estimate of drug-likeness (QED) is 0.217. The second kappa shape index (κ2) is 11.1. The number of nitrogens with zero attached hydrogens (tertiary/aromatic N) is 3. The highest BCUT2D eigenvalue weighted by Crippen LogP contribution is 2.46. The smallest absolute Gasteiger partial charge is 0.495 e. The van der Waals surface area contributed by atoms with E-state index >= 15 is 0 Å². The van der Waals surface area contributed by atoms with Gasteiger partial charge in [-0.1, -0.05) is 23.8 Å². The molecule has 0 bridgehead atoms. The van der Waals surface area contributed by atoms with E-state index in [4.69, 9.17) is 15.0 Å². The van der Waals surface area contributed by atoms with E-state index in [9.17, 15) is 17.9 Å². The van der Waals surface area contributed by atoms with Gasteiger partial charge >= 0.3 is 7.12 Å². The first-order chi connectivity index (χ1) is 20.8. The van der Waals surface area contributed by atoms with E-state index in [0.717, 1.165) is 35.0 Å². The highest BCUT2D eigenvalue weighted by Gasteiger charge is 2.52. The summed E-state index contributed by atoms with van der Waals surface area (Å²) in [6.07, 6.45) is 3.93. The third-order valence-electron chi connectivity index (χ3n) is 9.05. The number of hydrogen-bond donors (Lipinski definition) is 1. The topological polar surface area (TPSA) is 122 Å². The maximum atomic E-state index is 13.6. The Bertz CT molecular complexity index is 1770. The van der Waals surface area contributed by atoms with Gasteiger partial charge in [0, 0.05) is 23.4 Å². The Balaban J connectivity index is 1.31. The summed E-state index contributed by atoms with van der Waals surface area (Å²) in [4.78, 5) is 12.6. The van der Waals surface area contributed by atoms with Crippen molar-refractivity contribution in [3.8, 4) is 11.3 Å². The molecule has 44 heavy (non-hydrogen) atoms. The SMILES string of the molecule is Cc1cc(CCN(c2cn3nc(-c4ccc(F)cc4)c(C(N)=O)c3cc2C2CC2)S(=O)[O-])ccc1B1OC(C)(C)C(C)(C)O1. The normalized spacial score (nSPS) is 18.1. The Morgan fingerprint density at radius 1 is 1.14 bits per heavy atom. The molecule has 0 spiro atoms. The van der Waals surface area contributed by atoms with Gasteiger partial charge in [-0.2, -0.15) is 5.10 Å². The lowest BCUT2D eigenvalue weighted by Crippen LogP contribution is -2.41. The molecule has 2 aliphatic rings. The van der Waals surface area contributed by atoms with Crippen molar-refractivity contribution in [1.29, 1.82) is 0 Å². The molecule has 1 saturated carbocycles. The molecule has 4 aromatic rings. The number of halogens is 1. The molecule has 1 amide bonds. The summed E-state index contributed by atoms with van der Waals surface area (Å²) in [5.41, 5.74) is 10.7. The standard InChI is InChI=1S/C32H36BFN4O5S/c1-19-16-20(6-13-25(19)33-42-31(2,3)32(4,5)43-33)14-15-38(44(40)41)27-18-37-26(17-24(27)21-7-8-21)28(30(35)39)29(36-37)22-9-11-23(34)12-10-22/h6,9-13,16-18,21H,7-8,14-15H2,1-5H3,(H2,35,39)(H,40,41)/p-1.